The molecule has 166 valence electrons. The Labute approximate surface area is 176 Å². The fraction of sp³-hybridized carbons (Fsp3) is 0.826. The van der Waals surface area contributed by atoms with Gasteiger partial charge in [-0.2, -0.15) is 0 Å². The Balaban J connectivity index is 1.53. The zero-order valence-corrected chi connectivity index (χ0v) is 17.4. The third kappa shape index (κ3) is 2.41. The number of aliphatic hydroxyl groups excluding tert-OH is 3. The summed E-state index contributed by atoms with van der Waals surface area (Å²) in [6.07, 6.45) is 3.45. The number of carbonyl (C=O) groups excluding carboxylic acids is 2. The maximum Gasteiger partial charge on any atom is 0.331 e. The highest BCUT2D eigenvalue weighted by molar-refractivity contribution is 5.85. The van der Waals surface area contributed by atoms with Gasteiger partial charge in [-0.1, -0.05) is 6.92 Å². The van der Waals surface area contributed by atoms with Gasteiger partial charge < -0.3 is 30.0 Å². The lowest BCUT2D eigenvalue weighted by Crippen LogP contribution is -2.67. The number of hydrogen-bond acceptors (Lipinski definition) is 7. The highest BCUT2D eigenvalue weighted by Crippen LogP contribution is 2.69. The first kappa shape index (κ1) is 20.6. The molecule has 4 fully saturated rings. The maximum atomic E-state index is 12.5. The molecule has 7 heteroatoms. The second-order valence-corrected chi connectivity index (χ2v) is 10.7. The van der Waals surface area contributed by atoms with Crippen molar-refractivity contribution in [3.63, 3.8) is 0 Å². The van der Waals surface area contributed by atoms with Crippen LogP contribution in [-0.2, 0) is 14.3 Å². The molecule has 0 aromatic carbocycles. The molecule has 1 heterocycles. The summed E-state index contributed by atoms with van der Waals surface area (Å²) in [5.41, 5.74) is -1.92. The molecular weight excluding hydrogens is 388 g/mol. The van der Waals surface area contributed by atoms with Gasteiger partial charge in [-0.3, -0.25) is 0 Å². The van der Waals surface area contributed by atoms with Crippen molar-refractivity contribution in [2.24, 2.45) is 34.5 Å². The van der Waals surface area contributed by atoms with Gasteiger partial charge >= 0.3 is 5.97 Å². The van der Waals surface area contributed by atoms with Crippen LogP contribution in [0.5, 0.6) is 0 Å². The summed E-state index contributed by atoms with van der Waals surface area (Å²) in [7, 11) is 0. The Bertz CT molecular complexity index is 794. The lowest BCUT2D eigenvalue weighted by molar-refractivity contribution is -0.238. The van der Waals surface area contributed by atoms with Crippen molar-refractivity contribution < 1.29 is 34.8 Å². The van der Waals surface area contributed by atoms with Crippen LogP contribution in [0.1, 0.15) is 51.9 Å². The summed E-state index contributed by atoms with van der Waals surface area (Å²) in [4.78, 5) is 24.1. The summed E-state index contributed by atoms with van der Waals surface area (Å²) in [5, 5.41) is 43.8. The molecule has 4 N–H and O–H groups in total. The minimum absolute atomic E-state index is 0.0134. The molecule has 0 amide bonds. The Kier molecular flexibility index (Phi) is 4.54. The smallest absolute Gasteiger partial charge is 0.331 e. The fourth-order valence-electron chi connectivity index (χ4n) is 8.33. The van der Waals surface area contributed by atoms with Crippen LogP contribution in [-0.4, -0.2) is 63.2 Å². The molecular formula is C23H32O7. The molecule has 1 aliphatic heterocycles. The number of carbonyl (C=O) groups is 2. The van der Waals surface area contributed by atoms with E-state index in [1.165, 1.54) is 6.08 Å². The molecule has 0 spiro atoms. The van der Waals surface area contributed by atoms with E-state index in [1.807, 2.05) is 6.92 Å². The third-order valence-corrected chi connectivity index (χ3v) is 9.84. The van der Waals surface area contributed by atoms with Gasteiger partial charge in [0.1, 0.15) is 12.9 Å². The second kappa shape index (κ2) is 6.61. The van der Waals surface area contributed by atoms with Crippen molar-refractivity contribution in [3.8, 4) is 0 Å². The van der Waals surface area contributed by atoms with Gasteiger partial charge in [0.15, 0.2) is 0 Å². The lowest BCUT2D eigenvalue weighted by atomic mass is 9.42. The predicted octanol–water partition coefficient (Wildman–Crippen LogP) is 0.725. The molecule has 7 nitrogen and oxygen atoms in total. The molecule has 0 aromatic rings. The number of fused-ring (bicyclic) bond motifs is 5. The van der Waals surface area contributed by atoms with Gasteiger partial charge in [-0.15, -0.1) is 0 Å². The van der Waals surface area contributed by atoms with E-state index in [2.05, 4.69) is 0 Å². The molecule has 0 aromatic heterocycles. The molecule has 5 aliphatic rings. The first-order valence-electron chi connectivity index (χ1n) is 11.3. The molecule has 0 radical (unpaired) electrons. The number of aldehydes is 1. The third-order valence-electron chi connectivity index (χ3n) is 9.84. The molecule has 0 saturated heterocycles. The van der Waals surface area contributed by atoms with Crippen molar-refractivity contribution in [2.75, 3.05) is 6.61 Å². The predicted molar refractivity (Wildman–Crippen MR) is 105 cm³/mol. The van der Waals surface area contributed by atoms with Crippen LogP contribution in [0.4, 0.5) is 0 Å². The molecule has 10 atom stereocenters. The van der Waals surface area contributed by atoms with Crippen molar-refractivity contribution in [1.82, 2.24) is 0 Å². The van der Waals surface area contributed by atoms with Crippen LogP contribution in [0.3, 0.4) is 0 Å². The Hall–Kier alpha value is -1.28. The monoisotopic (exact) mass is 420 g/mol. The number of cyclic esters (lactones) is 1. The second-order valence-electron chi connectivity index (χ2n) is 10.7. The van der Waals surface area contributed by atoms with Crippen molar-refractivity contribution in [1.29, 1.82) is 0 Å². The standard InChI is InChI=1S/C23H32O7/c1-21-5-4-14-15(3-2-13-7-17(25)18(26)9-22(13,14)11-24)23(21,29)19(27)8-16(21)12-6-20(28)30-10-12/h6,11,13-19,25-27,29H,2-5,7-10H2,1H3/t13-,14+,15-,16-,17-,18-,19-,21-,22-,23-/m1/s1. The minimum atomic E-state index is -1.37. The van der Waals surface area contributed by atoms with Gasteiger partial charge in [0.25, 0.3) is 0 Å². The number of esters is 1. The fourth-order valence-corrected chi connectivity index (χ4v) is 8.33. The molecule has 5 rings (SSSR count). The summed E-state index contributed by atoms with van der Waals surface area (Å²) < 4.78 is 5.11. The highest BCUT2D eigenvalue weighted by atomic mass is 16.5. The van der Waals surface area contributed by atoms with Crippen molar-refractivity contribution in [3.05, 3.63) is 11.6 Å². The van der Waals surface area contributed by atoms with E-state index in [-0.39, 0.29) is 42.7 Å². The van der Waals surface area contributed by atoms with Gasteiger partial charge in [0, 0.05) is 16.9 Å². The topological polar surface area (TPSA) is 124 Å². The number of aliphatic hydroxyl groups is 4. The summed E-state index contributed by atoms with van der Waals surface area (Å²) >= 11 is 0. The number of rotatable bonds is 2. The van der Waals surface area contributed by atoms with Crippen LogP contribution in [0.15, 0.2) is 11.6 Å². The molecule has 4 aliphatic carbocycles. The van der Waals surface area contributed by atoms with Crippen LogP contribution < -0.4 is 0 Å². The SMILES string of the molecule is C[C@]12CC[C@H]3[C@@H](CC[C@@H]4C[C@@H](O)[C@H](O)C[C@@]43C=O)[C@@]1(O)[C@H](O)C[C@@H]2C1=CC(=O)OC1. The molecule has 0 bridgehead atoms. The molecule has 4 saturated carbocycles. The Morgan fingerprint density at radius 1 is 1.10 bits per heavy atom. The minimum Gasteiger partial charge on any atom is -0.458 e. The van der Waals surface area contributed by atoms with E-state index in [4.69, 9.17) is 4.74 Å². The lowest BCUT2D eigenvalue weighted by Gasteiger charge is -2.63. The van der Waals surface area contributed by atoms with Gasteiger partial charge in [-0.25, -0.2) is 4.79 Å². The summed E-state index contributed by atoms with van der Waals surface area (Å²) in [5.74, 6) is -0.937. The average Bonchev–Trinajstić information content (AvgIpc) is 3.23. The van der Waals surface area contributed by atoms with E-state index in [0.29, 0.717) is 38.5 Å². The van der Waals surface area contributed by atoms with E-state index < -0.39 is 34.7 Å². The summed E-state index contributed by atoms with van der Waals surface area (Å²) in [6, 6.07) is 0. The van der Waals surface area contributed by atoms with Crippen LogP contribution in [0.2, 0.25) is 0 Å². The highest BCUT2D eigenvalue weighted by Gasteiger charge is 2.72. The molecule has 0 unspecified atom stereocenters. The molecule has 30 heavy (non-hydrogen) atoms. The van der Waals surface area contributed by atoms with Gasteiger partial charge in [-0.05, 0) is 74.2 Å². The normalized spacial score (nSPS) is 55.2. The number of ether oxygens (including phenoxy) is 1. The van der Waals surface area contributed by atoms with E-state index >= 15 is 0 Å². The van der Waals surface area contributed by atoms with E-state index in [9.17, 15) is 30.0 Å². The Morgan fingerprint density at radius 3 is 2.53 bits per heavy atom. The number of hydrogen-bond donors (Lipinski definition) is 4. The van der Waals surface area contributed by atoms with Crippen LogP contribution >= 0.6 is 0 Å². The van der Waals surface area contributed by atoms with Crippen LogP contribution in [0.25, 0.3) is 0 Å². The maximum absolute atomic E-state index is 12.5. The largest absolute Gasteiger partial charge is 0.458 e. The quantitative estimate of drug-likeness (QED) is 0.383. The zero-order chi connectivity index (χ0) is 21.5. The van der Waals surface area contributed by atoms with Gasteiger partial charge in [0.2, 0.25) is 0 Å². The van der Waals surface area contributed by atoms with Crippen molar-refractivity contribution >= 4 is 12.3 Å². The average molecular weight is 421 g/mol. The zero-order valence-electron chi connectivity index (χ0n) is 17.4. The Morgan fingerprint density at radius 2 is 1.87 bits per heavy atom. The van der Waals surface area contributed by atoms with Crippen molar-refractivity contribution in [2.45, 2.75) is 75.8 Å². The van der Waals surface area contributed by atoms with Crippen LogP contribution in [0, 0.1) is 34.5 Å². The van der Waals surface area contributed by atoms with Gasteiger partial charge in [0.05, 0.1) is 23.9 Å². The van der Waals surface area contributed by atoms with E-state index in [0.717, 1.165) is 11.9 Å². The first-order valence-corrected chi connectivity index (χ1v) is 11.3. The summed E-state index contributed by atoms with van der Waals surface area (Å²) in [6.45, 7) is 2.22. The van der Waals surface area contributed by atoms with E-state index in [1.54, 1.807) is 0 Å². The first-order chi connectivity index (χ1) is 14.2.